The fourth-order valence-electron chi connectivity index (χ4n) is 4.94. The van der Waals surface area contributed by atoms with Gasteiger partial charge in [0, 0.05) is 27.4 Å². The second kappa shape index (κ2) is 16.3. The lowest BCUT2D eigenvalue weighted by atomic mass is 10.1. The molecule has 0 saturated carbocycles. The summed E-state index contributed by atoms with van der Waals surface area (Å²) in [5.74, 6) is -0.504. The van der Waals surface area contributed by atoms with Crippen LogP contribution in [0.3, 0.4) is 0 Å². The van der Waals surface area contributed by atoms with Crippen LogP contribution >= 0.6 is 11.8 Å². The number of carbonyl (C=O) groups is 3. The topological polar surface area (TPSA) is 96.5 Å². The van der Waals surface area contributed by atoms with Crippen molar-refractivity contribution in [2.75, 3.05) is 17.2 Å². The molecule has 1 atom stereocenters. The maximum absolute atomic E-state index is 13.8. The molecule has 7 nitrogen and oxygen atoms in total. The highest BCUT2D eigenvalue weighted by molar-refractivity contribution is 8.00. The molecule has 0 aromatic heterocycles. The molecular weight excluding hydrogens is 619 g/mol. The molecule has 0 spiro atoms. The molecule has 1 unspecified atom stereocenters. The maximum atomic E-state index is 13.8. The van der Waals surface area contributed by atoms with Gasteiger partial charge in [0.1, 0.15) is 16.7 Å². The highest BCUT2D eigenvalue weighted by Gasteiger charge is 2.23. The molecular formula is C40H37N3O4S. The average molecular weight is 656 g/mol. The Morgan fingerprint density at radius 1 is 0.771 bits per heavy atom. The summed E-state index contributed by atoms with van der Waals surface area (Å²) < 4.78 is 5.76. The van der Waals surface area contributed by atoms with Gasteiger partial charge < -0.3 is 20.7 Å². The Morgan fingerprint density at radius 2 is 1.48 bits per heavy atom. The summed E-state index contributed by atoms with van der Waals surface area (Å²) >= 11 is 1.38. The average Bonchev–Trinajstić information content (AvgIpc) is 3.10. The van der Waals surface area contributed by atoms with Gasteiger partial charge in [-0.2, -0.15) is 0 Å². The van der Waals surface area contributed by atoms with Crippen molar-refractivity contribution in [3.05, 3.63) is 161 Å². The maximum Gasteiger partial charge on any atom is 0.272 e. The minimum atomic E-state index is -0.562. The number of amides is 3. The summed E-state index contributed by atoms with van der Waals surface area (Å²) in [5.41, 5.74) is 5.25. The highest BCUT2D eigenvalue weighted by Crippen LogP contribution is 2.37. The Kier molecular flexibility index (Phi) is 11.5. The van der Waals surface area contributed by atoms with Crippen LogP contribution in [0.5, 0.6) is 5.75 Å². The lowest BCUT2D eigenvalue weighted by Gasteiger charge is -2.19. The van der Waals surface area contributed by atoms with E-state index in [-0.39, 0.29) is 11.6 Å². The Hall–Kier alpha value is -5.60. The van der Waals surface area contributed by atoms with Crippen molar-refractivity contribution in [1.29, 1.82) is 0 Å². The number of anilines is 2. The summed E-state index contributed by atoms with van der Waals surface area (Å²) in [4.78, 5) is 41.4. The van der Waals surface area contributed by atoms with E-state index >= 15 is 0 Å². The summed E-state index contributed by atoms with van der Waals surface area (Å²) in [6.07, 6.45) is 1.60. The van der Waals surface area contributed by atoms with Gasteiger partial charge in [-0.05, 0) is 86.0 Å². The van der Waals surface area contributed by atoms with Gasteiger partial charge >= 0.3 is 0 Å². The third kappa shape index (κ3) is 9.02. The first kappa shape index (κ1) is 33.8. The van der Waals surface area contributed by atoms with Crippen LogP contribution < -0.4 is 20.7 Å². The lowest BCUT2D eigenvalue weighted by molar-refractivity contribution is -0.116. The van der Waals surface area contributed by atoms with E-state index in [0.717, 1.165) is 27.3 Å². The first-order valence-electron chi connectivity index (χ1n) is 15.6. The third-order valence-electron chi connectivity index (χ3n) is 7.38. The van der Waals surface area contributed by atoms with Crippen molar-refractivity contribution in [3.8, 4) is 5.75 Å². The van der Waals surface area contributed by atoms with E-state index in [4.69, 9.17) is 4.74 Å². The first-order chi connectivity index (χ1) is 23.3. The fraction of sp³-hybridized carbons (Fsp3) is 0.125. The van der Waals surface area contributed by atoms with Gasteiger partial charge in [0.2, 0.25) is 5.91 Å². The minimum Gasteiger partial charge on any atom is -0.493 e. The van der Waals surface area contributed by atoms with Crippen molar-refractivity contribution >= 4 is 46.9 Å². The van der Waals surface area contributed by atoms with E-state index in [9.17, 15) is 14.4 Å². The molecule has 5 rings (SSSR count). The van der Waals surface area contributed by atoms with Gasteiger partial charge in [0.05, 0.1) is 6.61 Å². The number of aryl methyl sites for hydroxylation is 2. The molecule has 0 aliphatic heterocycles. The molecule has 0 radical (unpaired) electrons. The number of hydrogen-bond acceptors (Lipinski definition) is 5. The molecule has 3 N–H and O–H groups in total. The summed E-state index contributed by atoms with van der Waals surface area (Å²) in [6, 6.07) is 38.9. The van der Waals surface area contributed by atoms with E-state index in [1.807, 2.05) is 118 Å². The first-order valence-corrected chi connectivity index (χ1v) is 16.5. The van der Waals surface area contributed by atoms with Crippen LogP contribution in [-0.4, -0.2) is 24.3 Å². The second-order valence-electron chi connectivity index (χ2n) is 11.0. The number of nitrogens with one attached hydrogen (secondary N) is 3. The fourth-order valence-corrected chi connectivity index (χ4v) is 6.02. The quantitative estimate of drug-likeness (QED) is 0.0924. The van der Waals surface area contributed by atoms with Crippen molar-refractivity contribution in [3.63, 3.8) is 0 Å². The number of carbonyl (C=O) groups excluding carboxylic acids is 3. The van der Waals surface area contributed by atoms with Crippen LogP contribution in [0.25, 0.3) is 6.08 Å². The monoisotopic (exact) mass is 655 g/mol. The van der Waals surface area contributed by atoms with Gasteiger partial charge in [-0.1, -0.05) is 84.9 Å². The van der Waals surface area contributed by atoms with Crippen LogP contribution in [0, 0.1) is 13.8 Å². The van der Waals surface area contributed by atoms with Crippen LogP contribution in [0.2, 0.25) is 0 Å². The molecule has 8 heteroatoms. The van der Waals surface area contributed by atoms with Gasteiger partial charge in [-0.15, -0.1) is 11.8 Å². The zero-order chi connectivity index (χ0) is 33.9. The molecule has 0 fully saturated rings. The van der Waals surface area contributed by atoms with Crippen LogP contribution in [0.4, 0.5) is 11.4 Å². The van der Waals surface area contributed by atoms with Crippen LogP contribution in [0.1, 0.15) is 44.8 Å². The number of thioether (sulfide) groups is 1. The molecule has 0 saturated heterocycles. The Balaban J connectivity index is 1.40. The third-order valence-corrected chi connectivity index (χ3v) is 8.63. The standard InChI is InChI=1S/C40H37N3O4S/c1-4-47-36-21-12-11-18-31(36)25-35(43-38(44)30-16-9-6-10-17-30)39(45)41-32-19-13-20-33(26-32)48-37(29-14-7-5-8-15-29)40(46)42-34-24-27(2)22-23-28(34)3/h5-26,37H,4H2,1-3H3,(H,41,45)(H,42,46)(H,43,44)/b35-25+. The van der Waals surface area contributed by atoms with E-state index in [1.54, 1.807) is 36.4 Å². The lowest BCUT2D eigenvalue weighted by Crippen LogP contribution is -2.30. The normalized spacial score (nSPS) is 11.7. The van der Waals surface area contributed by atoms with Gasteiger partial charge in [-0.3, -0.25) is 14.4 Å². The molecule has 0 aliphatic rings. The summed E-state index contributed by atoms with van der Waals surface area (Å²) in [6.45, 7) is 6.28. The molecule has 5 aromatic rings. The summed E-state index contributed by atoms with van der Waals surface area (Å²) in [5, 5.41) is 8.26. The van der Waals surface area contributed by atoms with Crippen LogP contribution in [0.15, 0.2) is 138 Å². The van der Waals surface area contributed by atoms with E-state index in [2.05, 4.69) is 16.0 Å². The predicted molar refractivity (Wildman–Crippen MR) is 194 cm³/mol. The number of ether oxygens (including phenoxy) is 1. The SMILES string of the molecule is CCOc1ccccc1/C=C(/NC(=O)c1ccccc1)C(=O)Nc1cccc(SC(C(=O)Nc2cc(C)ccc2C)c2ccccc2)c1. The van der Waals surface area contributed by atoms with E-state index in [0.29, 0.717) is 29.2 Å². The molecule has 0 heterocycles. The Labute approximate surface area is 285 Å². The van der Waals surface area contributed by atoms with Crippen molar-refractivity contribution in [2.24, 2.45) is 0 Å². The minimum absolute atomic E-state index is 0.0455. The largest absolute Gasteiger partial charge is 0.493 e. The van der Waals surface area contributed by atoms with Gasteiger partial charge in [0.15, 0.2) is 0 Å². The zero-order valence-corrected chi connectivity index (χ0v) is 27.8. The predicted octanol–water partition coefficient (Wildman–Crippen LogP) is 8.58. The van der Waals surface area contributed by atoms with E-state index in [1.165, 1.54) is 11.8 Å². The van der Waals surface area contributed by atoms with Gasteiger partial charge in [-0.25, -0.2) is 0 Å². The molecule has 3 amide bonds. The van der Waals surface area contributed by atoms with Crippen LogP contribution in [-0.2, 0) is 9.59 Å². The van der Waals surface area contributed by atoms with E-state index < -0.39 is 17.1 Å². The molecule has 48 heavy (non-hydrogen) atoms. The summed E-state index contributed by atoms with van der Waals surface area (Å²) in [7, 11) is 0. The highest BCUT2D eigenvalue weighted by atomic mass is 32.2. The zero-order valence-electron chi connectivity index (χ0n) is 27.0. The Bertz CT molecular complexity index is 1930. The molecule has 0 aliphatic carbocycles. The molecule has 242 valence electrons. The van der Waals surface area contributed by atoms with Crippen molar-refractivity contribution in [1.82, 2.24) is 5.32 Å². The van der Waals surface area contributed by atoms with Crippen molar-refractivity contribution < 1.29 is 19.1 Å². The number of para-hydroxylation sites is 1. The number of rotatable bonds is 12. The molecule has 0 bridgehead atoms. The number of hydrogen-bond donors (Lipinski definition) is 3. The smallest absolute Gasteiger partial charge is 0.272 e. The second-order valence-corrected chi connectivity index (χ2v) is 12.2. The van der Waals surface area contributed by atoms with Gasteiger partial charge in [0.25, 0.3) is 11.8 Å². The van der Waals surface area contributed by atoms with Crippen molar-refractivity contribution in [2.45, 2.75) is 30.9 Å². The number of benzene rings is 5. The molecule has 5 aromatic carbocycles. The Morgan fingerprint density at radius 3 is 2.23 bits per heavy atom.